The first-order chi connectivity index (χ1) is 6.74. The highest BCUT2D eigenvalue weighted by Crippen LogP contribution is 2.12. The Bertz CT molecular complexity index is 543. The van der Waals surface area contributed by atoms with E-state index in [1.54, 1.807) is 0 Å². The molecular formula is C8H7N3O2S. The summed E-state index contributed by atoms with van der Waals surface area (Å²) in [6, 6.07) is 1.18. The van der Waals surface area contributed by atoms with Crippen LogP contribution in [-0.4, -0.2) is 20.9 Å². The van der Waals surface area contributed by atoms with Crippen molar-refractivity contribution in [3.05, 3.63) is 27.1 Å². The average molecular weight is 209 g/mol. The van der Waals surface area contributed by atoms with Crippen LogP contribution < -0.4 is 5.56 Å². The van der Waals surface area contributed by atoms with Crippen molar-refractivity contribution in [1.29, 1.82) is 0 Å². The Balaban J connectivity index is 2.84. The van der Waals surface area contributed by atoms with Gasteiger partial charge >= 0.3 is 0 Å². The van der Waals surface area contributed by atoms with Gasteiger partial charge in [-0.3, -0.25) is 9.59 Å². The van der Waals surface area contributed by atoms with Gasteiger partial charge in [0.25, 0.3) is 5.56 Å². The number of fused-ring (bicyclic) bond motifs is 1. The minimum absolute atomic E-state index is 0.246. The van der Waals surface area contributed by atoms with Gasteiger partial charge in [0.05, 0.1) is 0 Å². The van der Waals surface area contributed by atoms with Gasteiger partial charge in [-0.1, -0.05) is 18.3 Å². The Morgan fingerprint density at radius 2 is 2.43 bits per heavy atom. The fourth-order valence-electron chi connectivity index (χ4n) is 1.10. The highest BCUT2D eigenvalue weighted by atomic mass is 32.1. The molecule has 2 heterocycles. The number of hydrogen-bond acceptors (Lipinski definition) is 5. The van der Waals surface area contributed by atoms with Crippen molar-refractivity contribution >= 4 is 22.6 Å². The summed E-state index contributed by atoms with van der Waals surface area (Å²) in [5, 5.41) is 5.00. The second kappa shape index (κ2) is 3.30. The number of aromatic nitrogens is 3. The van der Waals surface area contributed by atoms with Gasteiger partial charge in [0.1, 0.15) is 10.7 Å². The summed E-state index contributed by atoms with van der Waals surface area (Å²) >= 11 is 1.32. The Kier molecular flexibility index (Phi) is 2.12. The van der Waals surface area contributed by atoms with E-state index in [-0.39, 0.29) is 5.69 Å². The molecule has 0 saturated heterocycles. The molecule has 0 aliphatic heterocycles. The van der Waals surface area contributed by atoms with Crippen LogP contribution in [-0.2, 0) is 6.42 Å². The zero-order valence-electron chi connectivity index (χ0n) is 7.43. The molecule has 0 fully saturated rings. The van der Waals surface area contributed by atoms with Crippen molar-refractivity contribution in [1.82, 2.24) is 14.6 Å². The normalized spacial score (nSPS) is 10.6. The first-order valence-electron chi connectivity index (χ1n) is 4.09. The van der Waals surface area contributed by atoms with Crippen LogP contribution in [0.15, 0.2) is 10.9 Å². The molecule has 0 aliphatic carbocycles. The molecule has 0 spiro atoms. The van der Waals surface area contributed by atoms with Gasteiger partial charge in [-0.2, -0.15) is 10.1 Å². The number of carbonyl (C=O) groups is 1. The van der Waals surface area contributed by atoms with Crippen molar-refractivity contribution in [2.75, 3.05) is 0 Å². The second-order valence-corrected chi connectivity index (χ2v) is 3.72. The van der Waals surface area contributed by atoms with Crippen molar-refractivity contribution in [3.63, 3.8) is 0 Å². The predicted octanol–water partition coefficient (Wildman–Crippen LogP) is 0.526. The zero-order valence-corrected chi connectivity index (χ0v) is 8.24. The molecule has 0 amide bonds. The van der Waals surface area contributed by atoms with Crippen molar-refractivity contribution in [2.45, 2.75) is 13.3 Å². The summed E-state index contributed by atoms with van der Waals surface area (Å²) in [6.45, 7) is 1.96. The van der Waals surface area contributed by atoms with Gasteiger partial charge in [0, 0.05) is 6.07 Å². The van der Waals surface area contributed by atoms with Gasteiger partial charge in [-0.15, -0.1) is 0 Å². The van der Waals surface area contributed by atoms with E-state index < -0.39 is 5.56 Å². The van der Waals surface area contributed by atoms with Gasteiger partial charge < -0.3 is 0 Å². The molecule has 14 heavy (non-hydrogen) atoms. The lowest BCUT2D eigenvalue weighted by Crippen LogP contribution is -2.10. The predicted molar refractivity (Wildman–Crippen MR) is 51.9 cm³/mol. The van der Waals surface area contributed by atoms with E-state index in [2.05, 4.69) is 10.1 Å². The molecule has 0 N–H and O–H groups in total. The average Bonchev–Trinajstić information content (AvgIpc) is 2.59. The Labute approximate surface area is 83.0 Å². The molecule has 0 atom stereocenters. The quantitative estimate of drug-likeness (QED) is 0.676. The maximum atomic E-state index is 11.1. The Morgan fingerprint density at radius 3 is 3.07 bits per heavy atom. The lowest BCUT2D eigenvalue weighted by Gasteiger charge is -1.92. The Morgan fingerprint density at radius 1 is 1.64 bits per heavy atom. The van der Waals surface area contributed by atoms with Gasteiger partial charge in [0.15, 0.2) is 6.29 Å². The third-order valence-electron chi connectivity index (χ3n) is 1.75. The van der Waals surface area contributed by atoms with Crippen LogP contribution in [0, 0.1) is 0 Å². The maximum Gasteiger partial charge on any atom is 0.274 e. The molecule has 0 unspecified atom stereocenters. The standard InChI is InChI=1S/C8H7N3O2S/c1-2-7-10-11-5(4-12)3-6(13)9-8(11)14-7/h3-4H,2H2,1H3. The second-order valence-electron chi connectivity index (χ2n) is 2.68. The van der Waals surface area contributed by atoms with Crippen molar-refractivity contribution in [3.8, 4) is 0 Å². The topological polar surface area (TPSA) is 64.3 Å². The van der Waals surface area contributed by atoms with Crippen LogP contribution in [0.25, 0.3) is 4.96 Å². The summed E-state index contributed by atoms with van der Waals surface area (Å²) in [5.41, 5.74) is -0.158. The molecule has 0 aliphatic rings. The molecule has 2 aromatic heterocycles. The SMILES string of the molecule is CCc1nn2c(C=O)cc(=O)nc2s1. The number of nitrogens with zero attached hydrogens (tertiary/aromatic N) is 3. The van der Waals surface area contributed by atoms with Crippen LogP contribution in [0.4, 0.5) is 0 Å². The fourth-order valence-corrected chi connectivity index (χ4v) is 1.95. The molecule has 0 saturated carbocycles. The van der Waals surface area contributed by atoms with Gasteiger partial charge in [-0.05, 0) is 6.42 Å². The molecule has 2 aromatic rings. The molecule has 0 bridgehead atoms. The van der Waals surface area contributed by atoms with E-state index in [1.807, 2.05) is 6.92 Å². The summed E-state index contributed by atoms with van der Waals surface area (Å²) < 4.78 is 1.40. The smallest absolute Gasteiger partial charge is 0.274 e. The summed E-state index contributed by atoms with van der Waals surface area (Å²) in [7, 11) is 0. The highest BCUT2D eigenvalue weighted by Gasteiger charge is 2.07. The van der Waals surface area contributed by atoms with Crippen molar-refractivity contribution in [2.24, 2.45) is 0 Å². The lowest BCUT2D eigenvalue weighted by atomic mass is 10.4. The van der Waals surface area contributed by atoms with E-state index in [1.165, 1.54) is 21.9 Å². The monoisotopic (exact) mass is 209 g/mol. The molecule has 5 nitrogen and oxygen atoms in total. The summed E-state index contributed by atoms with van der Waals surface area (Å²) in [4.78, 5) is 25.9. The van der Waals surface area contributed by atoms with E-state index in [4.69, 9.17) is 0 Å². The first-order valence-corrected chi connectivity index (χ1v) is 4.91. The van der Waals surface area contributed by atoms with Crippen LogP contribution in [0.2, 0.25) is 0 Å². The van der Waals surface area contributed by atoms with E-state index in [0.717, 1.165) is 11.4 Å². The van der Waals surface area contributed by atoms with Gasteiger partial charge in [0.2, 0.25) is 4.96 Å². The van der Waals surface area contributed by atoms with Crippen LogP contribution in [0.3, 0.4) is 0 Å². The summed E-state index contributed by atoms with van der Waals surface area (Å²) in [5.74, 6) is 0. The van der Waals surface area contributed by atoms with E-state index in [0.29, 0.717) is 11.2 Å². The minimum atomic E-state index is -0.404. The van der Waals surface area contributed by atoms with Crippen molar-refractivity contribution < 1.29 is 4.79 Å². The highest BCUT2D eigenvalue weighted by molar-refractivity contribution is 7.16. The molecule has 6 heteroatoms. The third kappa shape index (κ3) is 1.33. The lowest BCUT2D eigenvalue weighted by molar-refractivity contribution is 0.111. The zero-order chi connectivity index (χ0) is 10.1. The maximum absolute atomic E-state index is 11.1. The Hall–Kier alpha value is -1.56. The van der Waals surface area contributed by atoms with Crippen LogP contribution in [0.5, 0.6) is 0 Å². The van der Waals surface area contributed by atoms with E-state index >= 15 is 0 Å². The molecule has 0 radical (unpaired) electrons. The number of hydrogen-bond donors (Lipinski definition) is 0. The van der Waals surface area contributed by atoms with Crippen LogP contribution in [0.1, 0.15) is 22.4 Å². The molecule has 0 aromatic carbocycles. The number of rotatable bonds is 2. The third-order valence-corrected chi connectivity index (χ3v) is 2.80. The minimum Gasteiger partial charge on any atom is -0.296 e. The molecule has 2 rings (SSSR count). The largest absolute Gasteiger partial charge is 0.296 e. The number of aryl methyl sites for hydroxylation is 1. The number of aldehydes is 1. The fraction of sp³-hybridized carbons (Fsp3) is 0.250. The van der Waals surface area contributed by atoms with Crippen LogP contribution >= 0.6 is 11.3 Å². The molecule has 72 valence electrons. The first kappa shape index (κ1) is 9.01. The number of carbonyl (C=O) groups excluding carboxylic acids is 1. The molecular weight excluding hydrogens is 202 g/mol. The van der Waals surface area contributed by atoms with Gasteiger partial charge in [-0.25, -0.2) is 4.52 Å². The summed E-state index contributed by atoms with van der Waals surface area (Å²) in [6.07, 6.45) is 1.37. The van der Waals surface area contributed by atoms with E-state index in [9.17, 15) is 9.59 Å².